The SMILES string of the molecule is Cc1nccnc1C(C)NCc1nc2ccccc2s1. The lowest BCUT2D eigenvalue weighted by molar-refractivity contribution is 0.554. The van der Waals surface area contributed by atoms with Gasteiger partial charge in [0.2, 0.25) is 0 Å². The molecule has 1 N–H and O–H groups in total. The van der Waals surface area contributed by atoms with E-state index >= 15 is 0 Å². The Labute approximate surface area is 121 Å². The average molecular weight is 284 g/mol. The minimum atomic E-state index is 0.163. The summed E-state index contributed by atoms with van der Waals surface area (Å²) in [5, 5.41) is 4.56. The summed E-state index contributed by atoms with van der Waals surface area (Å²) in [5.74, 6) is 0. The van der Waals surface area contributed by atoms with Gasteiger partial charge in [-0.3, -0.25) is 9.97 Å². The maximum Gasteiger partial charge on any atom is 0.108 e. The molecule has 20 heavy (non-hydrogen) atoms. The predicted octanol–water partition coefficient (Wildman–Crippen LogP) is 3.25. The molecule has 1 aromatic carbocycles. The molecule has 0 aliphatic heterocycles. The van der Waals surface area contributed by atoms with Crippen LogP contribution in [0, 0.1) is 6.92 Å². The van der Waals surface area contributed by atoms with Crippen molar-refractivity contribution in [2.75, 3.05) is 0 Å². The van der Waals surface area contributed by atoms with Crippen LogP contribution in [0.2, 0.25) is 0 Å². The molecule has 0 amide bonds. The molecule has 5 heteroatoms. The molecule has 0 aliphatic carbocycles. The van der Waals surface area contributed by atoms with Crippen molar-refractivity contribution in [3.8, 4) is 0 Å². The Kier molecular flexibility index (Phi) is 3.71. The van der Waals surface area contributed by atoms with Crippen LogP contribution in [-0.4, -0.2) is 15.0 Å². The van der Waals surface area contributed by atoms with Crippen molar-refractivity contribution in [1.29, 1.82) is 0 Å². The third-order valence-corrected chi connectivity index (χ3v) is 4.26. The second kappa shape index (κ2) is 5.64. The van der Waals surface area contributed by atoms with Gasteiger partial charge in [-0.2, -0.15) is 0 Å². The largest absolute Gasteiger partial charge is 0.302 e. The van der Waals surface area contributed by atoms with Gasteiger partial charge in [-0.1, -0.05) is 12.1 Å². The lowest BCUT2D eigenvalue weighted by Gasteiger charge is -2.13. The molecule has 0 saturated carbocycles. The van der Waals surface area contributed by atoms with Crippen LogP contribution in [-0.2, 0) is 6.54 Å². The summed E-state index contributed by atoms with van der Waals surface area (Å²) >= 11 is 1.73. The number of hydrogen-bond acceptors (Lipinski definition) is 5. The molecular weight excluding hydrogens is 268 g/mol. The highest BCUT2D eigenvalue weighted by atomic mass is 32.1. The zero-order chi connectivity index (χ0) is 13.9. The first kappa shape index (κ1) is 13.1. The van der Waals surface area contributed by atoms with Gasteiger partial charge in [0.25, 0.3) is 0 Å². The molecule has 3 aromatic rings. The molecule has 4 nitrogen and oxygen atoms in total. The minimum absolute atomic E-state index is 0.163. The van der Waals surface area contributed by atoms with Crippen molar-refractivity contribution in [3.05, 3.63) is 53.1 Å². The van der Waals surface area contributed by atoms with Gasteiger partial charge in [0.15, 0.2) is 0 Å². The molecular formula is C15H16N4S. The lowest BCUT2D eigenvalue weighted by atomic mass is 10.2. The molecule has 102 valence electrons. The quantitative estimate of drug-likeness (QED) is 0.799. The third-order valence-electron chi connectivity index (χ3n) is 3.23. The summed E-state index contributed by atoms with van der Waals surface area (Å²) in [5.41, 5.74) is 3.03. The first-order valence-electron chi connectivity index (χ1n) is 6.59. The number of rotatable bonds is 4. The first-order valence-corrected chi connectivity index (χ1v) is 7.41. The molecule has 0 bridgehead atoms. The standard InChI is InChI=1S/C15H16N4S/c1-10-15(17-8-7-16-10)11(2)18-9-14-19-12-5-3-4-6-13(12)20-14/h3-8,11,18H,9H2,1-2H3. The van der Waals surface area contributed by atoms with Gasteiger partial charge in [-0.05, 0) is 26.0 Å². The molecule has 2 heterocycles. The summed E-state index contributed by atoms with van der Waals surface area (Å²) in [6, 6.07) is 8.38. The van der Waals surface area contributed by atoms with Gasteiger partial charge < -0.3 is 5.32 Å². The van der Waals surface area contributed by atoms with E-state index in [1.54, 1.807) is 23.7 Å². The number of nitrogens with one attached hydrogen (secondary N) is 1. The van der Waals surface area contributed by atoms with Crippen molar-refractivity contribution in [1.82, 2.24) is 20.3 Å². The molecule has 3 rings (SSSR count). The van der Waals surface area contributed by atoms with E-state index in [0.717, 1.165) is 28.5 Å². The number of fused-ring (bicyclic) bond motifs is 1. The Morgan fingerprint density at radius 3 is 2.80 bits per heavy atom. The fraction of sp³-hybridized carbons (Fsp3) is 0.267. The Bertz CT molecular complexity index is 689. The fourth-order valence-electron chi connectivity index (χ4n) is 2.18. The average Bonchev–Trinajstić information content (AvgIpc) is 2.88. The van der Waals surface area contributed by atoms with Crippen LogP contribution in [0.4, 0.5) is 0 Å². The molecule has 0 radical (unpaired) electrons. The first-order chi connectivity index (χ1) is 9.74. The maximum absolute atomic E-state index is 4.62. The molecule has 0 saturated heterocycles. The number of thiazole rings is 1. The van der Waals surface area contributed by atoms with Crippen LogP contribution in [0.3, 0.4) is 0 Å². The zero-order valence-electron chi connectivity index (χ0n) is 11.5. The molecule has 2 aromatic heterocycles. The number of aryl methyl sites for hydroxylation is 1. The van der Waals surface area contributed by atoms with Gasteiger partial charge in [0, 0.05) is 25.0 Å². The third kappa shape index (κ3) is 2.69. The van der Waals surface area contributed by atoms with Gasteiger partial charge >= 0.3 is 0 Å². The molecule has 1 atom stereocenters. The van der Waals surface area contributed by atoms with Crippen LogP contribution in [0.15, 0.2) is 36.7 Å². The van der Waals surface area contributed by atoms with Crippen LogP contribution in [0.5, 0.6) is 0 Å². The van der Waals surface area contributed by atoms with Crippen molar-refractivity contribution >= 4 is 21.6 Å². The maximum atomic E-state index is 4.62. The van der Waals surface area contributed by atoms with Gasteiger partial charge in [-0.25, -0.2) is 4.98 Å². The number of benzene rings is 1. The van der Waals surface area contributed by atoms with Crippen LogP contribution in [0.25, 0.3) is 10.2 Å². The minimum Gasteiger partial charge on any atom is -0.302 e. The van der Waals surface area contributed by atoms with E-state index in [0.29, 0.717) is 0 Å². The number of para-hydroxylation sites is 1. The normalized spacial score (nSPS) is 12.7. The van der Waals surface area contributed by atoms with Crippen LogP contribution >= 0.6 is 11.3 Å². The molecule has 1 unspecified atom stereocenters. The highest BCUT2D eigenvalue weighted by Gasteiger charge is 2.11. The van der Waals surface area contributed by atoms with Crippen LogP contribution in [0.1, 0.15) is 29.4 Å². The lowest BCUT2D eigenvalue weighted by Crippen LogP contribution is -2.20. The Balaban J connectivity index is 1.71. The smallest absolute Gasteiger partial charge is 0.108 e. The fourth-order valence-corrected chi connectivity index (χ4v) is 3.09. The monoisotopic (exact) mass is 284 g/mol. The molecule has 0 aliphatic rings. The zero-order valence-corrected chi connectivity index (χ0v) is 12.3. The predicted molar refractivity (Wildman–Crippen MR) is 81.6 cm³/mol. The molecule has 0 fully saturated rings. The van der Waals surface area contributed by atoms with E-state index < -0.39 is 0 Å². The Morgan fingerprint density at radius 1 is 1.20 bits per heavy atom. The van der Waals surface area contributed by atoms with Gasteiger partial charge in [0.1, 0.15) is 5.01 Å². The summed E-state index contributed by atoms with van der Waals surface area (Å²) in [7, 11) is 0. The van der Waals surface area contributed by atoms with E-state index in [1.165, 1.54) is 4.70 Å². The number of nitrogens with zero attached hydrogens (tertiary/aromatic N) is 3. The summed E-state index contributed by atoms with van der Waals surface area (Å²) in [6.45, 7) is 4.83. The van der Waals surface area contributed by atoms with Crippen molar-refractivity contribution in [2.45, 2.75) is 26.4 Å². The highest BCUT2D eigenvalue weighted by Crippen LogP contribution is 2.22. The van der Waals surface area contributed by atoms with E-state index in [4.69, 9.17) is 0 Å². The Morgan fingerprint density at radius 2 is 2.00 bits per heavy atom. The number of hydrogen-bond donors (Lipinski definition) is 1. The van der Waals surface area contributed by atoms with E-state index in [9.17, 15) is 0 Å². The van der Waals surface area contributed by atoms with Gasteiger partial charge in [0.05, 0.1) is 21.6 Å². The summed E-state index contributed by atoms with van der Waals surface area (Å²) < 4.78 is 1.23. The summed E-state index contributed by atoms with van der Waals surface area (Å²) in [4.78, 5) is 13.3. The number of aromatic nitrogens is 3. The van der Waals surface area contributed by atoms with Crippen molar-refractivity contribution in [2.24, 2.45) is 0 Å². The highest BCUT2D eigenvalue weighted by molar-refractivity contribution is 7.18. The van der Waals surface area contributed by atoms with Crippen LogP contribution < -0.4 is 5.32 Å². The van der Waals surface area contributed by atoms with E-state index in [-0.39, 0.29) is 6.04 Å². The van der Waals surface area contributed by atoms with Crippen molar-refractivity contribution < 1.29 is 0 Å². The topological polar surface area (TPSA) is 50.7 Å². The Hall–Kier alpha value is -1.85. The second-order valence-electron chi connectivity index (χ2n) is 4.70. The van der Waals surface area contributed by atoms with E-state index in [2.05, 4.69) is 33.3 Å². The van der Waals surface area contributed by atoms with E-state index in [1.807, 2.05) is 25.1 Å². The van der Waals surface area contributed by atoms with Crippen molar-refractivity contribution in [3.63, 3.8) is 0 Å². The molecule has 0 spiro atoms. The second-order valence-corrected chi connectivity index (χ2v) is 5.82. The van der Waals surface area contributed by atoms with Gasteiger partial charge in [-0.15, -0.1) is 11.3 Å². The summed E-state index contributed by atoms with van der Waals surface area (Å²) in [6.07, 6.45) is 3.46.